The third-order valence-corrected chi connectivity index (χ3v) is 5.76. The van der Waals surface area contributed by atoms with Crippen LogP contribution in [0.1, 0.15) is 29.9 Å². The van der Waals surface area contributed by atoms with E-state index in [0.717, 1.165) is 16.7 Å². The Labute approximate surface area is 217 Å². The Morgan fingerprint density at radius 2 is 1.66 bits per heavy atom. The third kappa shape index (κ3) is 4.98. The zero-order valence-electron chi connectivity index (χ0n) is 20.7. The second kappa shape index (κ2) is 10.7. The second-order valence-electron chi connectivity index (χ2n) is 8.21. The molecule has 190 valence electrons. The molecule has 2 aromatic heterocycles. The van der Waals surface area contributed by atoms with E-state index < -0.39 is 5.91 Å². The molecule has 0 atom stereocenters. The minimum absolute atomic E-state index is 0.00172. The van der Waals surface area contributed by atoms with Gasteiger partial charge in [0.2, 0.25) is 11.6 Å². The topological polar surface area (TPSA) is 146 Å². The number of ether oxygens (including phenoxy) is 1. The Bertz CT molecular complexity index is 1570. The van der Waals surface area contributed by atoms with E-state index in [0.29, 0.717) is 29.3 Å². The normalized spacial score (nSPS) is 11.4. The zero-order valence-corrected chi connectivity index (χ0v) is 20.7. The van der Waals surface area contributed by atoms with Crippen molar-refractivity contribution in [1.82, 2.24) is 30.7 Å². The van der Waals surface area contributed by atoms with Crippen molar-refractivity contribution < 1.29 is 14.2 Å². The molecule has 0 fully saturated rings. The first kappa shape index (κ1) is 24.4. The van der Waals surface area contributed by atoms with Gasteiger partial charge in [-0.3, -0.25) is 4.79 Å². The molecule has 11 heteroatoms. The lowest BCUT2D eigenvalue weighted by atomic mass is 10.0. The quantitative estimate of drug-likeness (QED) is 0.235. The molecule has 11 nitrogen and oxygen atoms in total. The molecule has 3 N–H and O–H groups in total. The van der Waals surface area contributed by atoms with Crippen LogP contribution in [0.2, 0.25) is 0 Å². The van der Waals surface area contributed by atoms with E-state index in [-0.39, 0.29) is 17.3 Å². The number of hydrogen-bond donors (Lipinski definition) is 2. The number of carbonyl (C=O) groups excluding carboxylic acids is 1. The number of rotatable bonds is 8. The molecule has 5 rings (SSSR count). The van der Waals surface area contributed by atoms with Gasteiger partial charge in [-0.25, -0.2) is 10.1 Å². The molecule has 2 heterocycles. The summed E-state index contributed by atoms with van der Waals surface area (Å²) in [6.45, 7) is 4.24. The predicted molar refractivity (Wildman–Crippen MR) is 142 cm³/mol. The first-order valence-electron chi connectivity index (χ1n) is 11.8. The van der Waals surface area contributed by atoms with Crippen molar-refractivity contribution >= 4 is 17.4 Å². The van der Waals surface area contributed by atoms with E-state index >= 15 is 0 Å². The van der Waals surface area contributed by atoms with Gasteiger partial charge in [0.1, 0.15) is 11.4 Å². The molecule has 0 saturated carbocycles. The molecule has 0 unspecified atom stereocenters. The van der Waals surface area contributed by atoms with Crippen LogP contribution in [0.5, 0.6) is 5.75 Å². The van der Waals surface area contributed by atoms with Crippen LogP contribution in [-0.4, -0.2) is 43.5 Å². The van der Waals surface area contributed by atoms with Crippen molar-refractivity contribution in [3.05, 3.63) is 90.1 Å². The number of hydrogen-bond acceptors (Lipinski definition) is 9. The van der Waals surface area contributed by atoms with Crippen LogP contribution < -0.4 is 15.9 Å². The number of nitrogens with one attached hydrogen (secondary N) is 1. The van der Waals surface area contributed by atoms with Crippen molar-refractivity contribution in [2.45, 2.75) is 13.8 Å². The van der Waals surface area contributed by atoms with Crippen molar-refractivity contribution in [1.29, 1.82) is 0 Å². The molecule has 0 aliphatic rings. The van der Waals surface area contributed by atoms with Gasteiger partial charge in [-0.1, -0.05) is 59.8 Å². The molecule has 38 heavy (non-hydrogen) atoms. The van der Waals surface area contributed by atoms with E-state index in [2.05, 4.69) is 31.2 Å². The van der Waals surface area contributed by atoms with Gasteiger partial charge >= 0.3 is 0 Å². The summed E-state index contributed by atoms with van der Waals surface area (Å²) in [7, 11) is 0. The van der Waals surface area contributed by atoms with Crippen LogP contribution in [0.15, 0.2) is 88.6 Å². The predicted octanol–water partition coefficient (Wildman–Crippen LogP) is 4.12. The van der Waals surface area contributed by atoms with Crippen LogP contribution >= 0.6 is 0 Å². The fourth-order valence-corrected chi connectivity index (χ4v) is 3.84. The first-order chi connectivity index (χ1) is 18.5. The number of amides is 1. The van der Waals surface area contributed by atoms with Crippen LogP contribution in [0.4, 0.5) is 5.82 Å². The third-order valence-electron chi connectivity index (χ3n) is 5.76. The lowest BCUT2D eigenvalue weighted by Gasteiger charge is -2.08. The molecule has 0 bridgehead atoms. The fraction of sp³-hybridized carbons (Fsp3) is 0.111. The lowest BCUT2D eigenvalue weighted by molar-refractivity contribution is 0.0950. The molecule has 3 aromatic carbocycles. The van der Waals surface area contributed by atoms with Gasteiger partial charge in [0.05, 0.1) is 12.3 Å². The molecule has 1 amide bonds. The maximum Gasteiger partial charge on any atom is 0.294 e. The largest absolute Gasteiger partial charge is 0.494 e. The summed E-state index contributed by atoms with van der Waals surface area (Å²) in [6, 6.07) is 25.1. The van der Waals surface area contributed by atoms with Crippen molar-refractivity contribution in [3.63, 3.8) is 0 Å². The molecular formula is C27H24N8O3. The fourth-order valence-electron chi connectivity index (χ4n) is 3.84. The van der Waals surface area contributed by atoms with E-state index in [4.69, 9.17) is 15.1 Å². The van der Waals surface area contributed by atoms with Gasteiger partial charge in [0.25, 0.3) is 5.91 Å². The SMILES string of the molecule is CCOc1ccc(-c2c(C(=O)N/N=C(\C)c3ccc(-c4ccccc4)cc3)nnn2-c2nonc2N)cc1. The maximum absolute atomic E-state index is 13.2. The number of aromatic nitrogens is 5. The minimum Gasteiger partial charge on any atom is -0.494 e. The van der Waals surface area contributed by atoms with Gasteiger partial charge < -0.3 is 10.5 Å². The Morgan fingerprint density at radius 3 is 2.32 bits per heavy atom. The van der Waals surface area contributed by atoms with Crippen molar-refractivity contribution in [2.24, 2.45) is 5.10 Å². The highest BCUT2D eigenvalue weighted by atomic mass is 16.6. The summed E-state index contributed by atoms with van der Waals surface area (Å²) in [5, 5.41) is 19.8. The average Bonchev–Trinajstić information content (AvgIpc) is 3.59. The number of anilines is 1. The smallest absolute Gasteiger partial charge is 0.294 e. The van der Waals surface area contributed by atoms with Crippen molar-refractivity contribution in [3.8, 4) is 34.0 Å². The summed E-state index contributed by atoms with van der Waals surface area (Å²) in [5.41, 5.74) is 13.1. The Hall–Kier alpha value is -5.32. The minimum atomic E-state index is -0.560. The average molecular weight is 509 g/mol. The van der Waals surface area contributed by atoms with Gasteiger partial charge in [0, 0.05) is 5.56 Å². The molecule has 5 aromatic rings. The van der Waals surface area contributed by atoms with Gasteiger partial charge in [-0.2, -0.15) is 9.78 Å². The van der Waals surface area contributed by atoms with E-state index in [1.54, 1.807) is 24.3 Å². The number of nitrogens with zero attached hydrogens (tertiary/aromatic N) is 6. The van der Waals surface area contributed by atoms with E-state index in [9.17, 15) is 4.79 Å². The molecule has 0 aliphatic heterocycles. The van der Waals surface area contributed by atoms with Gasteiger partial charge in [-0.15, -0.1) is 5.10 Å². The van der Waals surface area contributed by atoms with Crippen LogP contribution in [0.3, 0.4) is 0 Å². The molecule has 0 saturated heterocycles. The van der Waals surface area contributed by atoms with Gasteiger partial charge in [-0.05, 0) is 65.1 Å². The maximum atomic E-state index is 13.2. The summed E-state index contributed by atoms with van der Waals surface area (Å²) in [6.07, 6.45) is 0. The van der Waals surface area contributed by atoms with Crippen LogP contribution in [0, 0.1) is 0 Å². The second-order valence-corrected chi connectivity index (χ2v) is 8.21. The summed E-state index contributed by atoms with van der Waals surface area (Å²) < 4.78 is 11.5. The molecule has 0 radical (unpaired) electrons. The highest BCUT2D eigenvalue weighted by Crippen LogP contribution is 2.28. The number of benzene rings is 3. The highest BCUT2D eigenvalue weighted by Gasteiger charge is 2.25. The summed E-state index contributed by atoms with van der Waals surface area (Å²) in [5.74, 6) is 0.235. The summed E-state index contributed by atoms with van der Waals surface area (Å²) >= 11 is 0. The Balaban J connectivity index is 1.42. The zero-order chi connectivity index (χ0) is 26.5. The van der Waals surface area contributed by atoms with E-state index in [1.165, 1.54) is 4.68 Å². The summed E-state index contributed by atoms with van der Waals surface area (Å²) in [4.78, 5) is 13.2. The standard InChI is InChI=1S/C27H24N8O3/c1-3-37-22-15-13-21(14-16-22)24-23(30-34-35(24)26-25(28)32-38-33-26)27(36)31-29-17(2)18-9-11-20(12-10-18)19-7-5-4-6-8-19/h4-16H,3H2,1-2H3,(H2,28,32)(H,31,36)/b29-17+. The molecular weight excluding hydrogens is 484 g/mol. The monoisotopic (exact) mass is 508 g/mol. The number of hydrazone groups is 1. The van der Waals surface area contributed by atoms with Crippen LogP contribution in [-0.2, 0) is 0 Å². The first-order valence-corrected chi connectivity index (χ1v) is 11.8. The number of nitrogen functional groups attached to an aromatic ring is 1. The Morgan fingerprint density at radius 1 is 0.974 bits per heavy atom. The number of carbonyl (C=O) groups is 1. The molecule has 0 aliphatic carbocycles. The van der Waals surface area contributed by atoms with Crippen molar-refractivity contribution in [2.75, 3.05) is 12.3 Å². The Kier molecular flexibility index (Phi) is 6.89. The highest BCUT2D eigenvalue weighted by molar-refractivity contribution is 6.02. The number of nitrogens with two attached hydrogens (primary N) is 1. The lowest BCUT2D eigenvalue weighted by Crippen LogP contribution is -2.21. The molecule has 0 spiro atoms. The van der Waals surface area contributed by atoms with Crippen LogP contribution in [0.25, 0.3) is 28.2 Å². The van der Waals surface area contributed by atoms with Gasteiger partial charge in [0.15, 0.2) is 5.69 Å². The van der Waals surface area contributed by atoms with E-state index in [1.807, 2.05) is 68.4 Å².